The second kappa shape index (κ2) is 8.19. The molecule has 0 saturated heterocycles. The maximum absolute atomic E-state index is 12.2. The first kappa shape index (κ1) is 17.6. The minimum atomic E-state index is -0.470. The Morgan fingerprint density at radius 2 is 1.96 bits per heavy atom. The van der Waals surface area contributed by atoms with Crippen LogP contribution in [0.4, 0.5) is 5.69 Å². The second-order valence-electron chi connectivity index (χ2n) is 5.35. The molecule has 0 saturated carbocycles. The van der Waals surface area contributed by atoms with Crippen molar-refractivity contribution in [3.63, 3.8) is 0 Å². The number of anilines is 1. The van der Waals surface area contributed by atoms with Crippen LogP contribution in [0.2, 0.25) is 5.02 Å². The number of ether oxygens (including phenoxy) is 1. The molecule has 122 valence electrons. The predicted octanol–water partition coefficient (Wildman–Crippen LogP) is 4.67. The minimum absolute atomic E-state index is 0.00699. The van der Waals surface area contributed by atoms with Gasteiger partial charge in [0.1, 0.15) is 17.4 Å². The fourth-order valence-electron chi connectivity index (χ4n) is 1.99. The van der Waals surface area contributed by atoms with Gasteiger partial charge in [0.25, 0.3) is 5.91 Å². The van der Waals surface area contributed by atoms with E-state index in [0.717, 1.165) is 0 Å². The van der Waals surface area contributed by atoms with E-state index in [9.17, 15) is 10.1 Å². The zero-order valence-corrected chi connectivity index (χ0v) is 14.2. The Morgan fingerprint density at radius 3 is 2.54 bits per heavy atom. The second-order valence-corrected chi connectivity index (χ2v) is 5.75. The Balaban J connectivity index is 2.19. The average molecular weight is 341 g/mol. The van der Waals surface area contributed by atoms with Crippen molar-refractivity contribution in [3.05, 3.63) is 64.7 Å². The molecule has 5 heteroatoms. The fourth-order valence-corrected chi connectivity index (χ4v) is 2.23. The molecule has 0 atom stereocenters. The highest BCUT2D eigenvalue weighted by Crippen LogP contribution is 2.27. The Labute approximate surface area is 146 Å². The predicted molar refractivity (Wildman–Crippen MR) is 95.9 cm³/mol. The van der Waals surface area contributed by atoms with Crippen molar-refractivity contribution in [2.24, 2.45) is 0 Å². The first-order valence-corrected chi connectivity index (χ1v) is 7.82. The lowest BCUT2D eigenvalue weighted by molar-refractivity contribution is -0.112. The summed E-state index contributed by atoms with van der Waals surface area (Å²) < 4.78 is 5.56. The number of halogens is 1. The van der Waals surface area contributed by atoms with E-state index in [2.05, 4.69) is 5.32 Å². The van der Waals surface area contributed by atoms with E-state index >= 15 is 0 Å². The number of nitrogens with zero attached hydrogens (tertiary/aromatic N) is 1. The monoisotopic (exact) mass is 340 g/mol. The van der Waals surface area contributed by atoms with Crippen molar-refractivity contribution < 1.29 is 9.53 Å². The van der Waals surface area contributed by atoms with Crippen LogP contribution >= 0.6 is 11.6 Å². The number of carbonyl (C=O) groups excluding carboxylic acids is 1. The minimum Gasteiger partial charge on any atom is -0.489 e. The van der Waals surface area contributed by atoms with Gasteiger partial charge >= 0.3 is 0 Å². The highest BCUT2D eigenvalue weighted by Gasteiger charge is 2.10. The molecule has 0 fully saturated rings. The Bertz CT molecular complexity index is 793. The zero-order valence-electron chi connectivity index (χ0n) is 13.4. The van der Waals surface area contributed by atoms with Gasteiger partial charge in [-0.25, -0.2) is 0 Å². The number of rotatable bonds is 5. The fraction of sp³-hybridized carbons (Fsp3) is 0.158. The van der Waals surface area contributed by atoms with Gasteiger partial charge in [0.2, 0.25) is 0 Å². The Kier molecular flexibility index (Phi) is 6.00. The zero-order chi connectivity index (χ0) is 17.5. The molecule has 4 nitrogen and oxygen atoms in total. The smallest absolute Gasteiger partial charge is 0.266 e. The van der Waals surface area contributed by atoms with Crippen molar-refractivity contribution in [2.45, 2.75) is 20.0 Å². The highest BCUT2D eigenvalue weighted by molar-refractivity contribution is 6.32. The van der Waals surface area contributed by atoms with E-state index in [0.29, 0.717) is 22.0 Å². The summed E-state index contributed by atoms with van der Waals surface area (Å²) in [4.78, 5) is 12.2. The van der Waals surface area contributed by atoms with Crippen molar-refractivity contribution >= 4 is 29.3 Å². The van der Waals surface area contributed by atoms with Crippen molar-refractivity contribution in [2.75, 3.05) is 5.32 Å². The topological polar surface area (TPSA) is 62.1 Å². The van der Waals surface area contributed by atoms with Crippen LogP contribution < -0.4 is 10.1 Å². The van der Waals surface area contributed by atoms with Gasteiger partial charge < -0.3 is 10.1 Å². The number of hydrogen-bond acceptors (Lipinski definition) is 3. The molecule has 0 spiro atoms. The Hall–Kier alpha value is -2.77. The maximum Gasteiger partial charge on any atom is 0.266 e. The molecule has 0 aliphatic carbocycles. The van der Waals surface area contributed by atoms with E-state index in [1.165, 1.54) is 6.08 Å². The first-order valence-electron chi connectivity index (χ1n) is 7.44. The molecule has 1 N–H and O–H groups in total. The van der Waals surface area contributed by atoms with Gasteiger partial charge in [-0.05, 0) is 49.8 Å². The normalized spacial score (nSPS) is 11.0. The SMILES string of the molecule is CC(C)Oc1ccc(/C=C(\C#N)C(=O)Nc2ccccc2)cc1Cl. The number of nitriles is 1. The number of amides is 1. The third-order valence-electron chi connectivity index (χ3n) is 3.03. The van der Waals surface area contributed by atoms with Crippen LogP contribution in [-0.4, -0.2) is 12.0 Å². The molecule has 0 aromatic heterocycles. The molecule has 0 aliphatic heterocycles. The first-order chi connectivity index (χ1) is 11.5. The number of nitrogens with one attached hydrogen (secondary N) is 1. The van der Waals surface area contributed by atoms with Gasteiger partial charge in [-0.15, -0.1) is 0 Å². The molecule has 0 bridgehead atoms. The van der Waals surface area contributed by atoms with E-state index < -0.39 is 5.91 Å². The standard InChI is InChI=1S/C19H17ClN2O2/c1-13(2)24-18-9-8-14(11-17(18)20)10-15(12-21)19(23)22-16-6-4-3-5-7-16/h3-11,13H,1-2H3,(H,22,23)/b15-10+. The van der Waals surface area contributed by atoms with Gasteiger partial charge in [-0.3, -0.25) is 4.79 Å². The van der Waals surface area contributed by atoms with Gasteiger partial charge in [0.05, 0.1) is 11.1 Å². The molecule has 2 aromatic carbocycles. The van der Waals surface area contributed by atoms with Gasteiger partial charge in [-0.1, -0.05) is 35.9 Å². The molecule has 2 rings (SSSR count). The van der Waals surface area contributed by atoms with Crippen molar-refractivity contribution in [3.8, 4) is 11.8 Å². The van der Waals surface area contributed by atoms with Crippen LogP contribution in [0, 0.1) is 11.3 Å². The summed E-state index contributed by atoms with van der Waals surface area (Å²) in [5.41, 5.74) is 1.27. The summed E-state index contributed by atoms with van der Waals surface area (Å²) in [6.45, 7) is 3.82. The largest absolute Gasteiger partial charge is 0.489 e. The molecular formula is C19H17ClN2O2. The molecule has 24 heavy (non-hydrogen) atoms. The van der Waals surface area contributed by atoms with E-state index in [-0.39, 0.29) is 11.7 Å². The quantitative estimate of drug-likeness (QED) is 0.635. The third kappa shape index (κ3) is 4.87. The molecule has 2 aromatic rings. The molecule has 0 unspecified atom stereocenters. The number of hydrogen-bond donors (Lipinski definition) is 1. The van der Waals surface area contributed by atoms with Crippen LogP contribution in [0.1, 0.15) is 19.4 Å². The summed E-state index contributed by atoms with van der Waals surface area (Å²) in [7, 11) is 0. The summed E-state index contributed by atoms with van der Waals surface area (Å²) in [6, 6.07) is 16.0. The van der Waals surface area contributed by atoms with Crippen LogP contribution in [0.5, 0.6) is 5.75 Å². The molecular weight excluding hydrogens is 324 g/mol. The van der Waals surface area contributed by atoms with Crippen molar-refractivity contribution in [1.29, 1.82) is 5.26 Å². The van der Waals surface area contributed by atoms with Gasteiger partial charge in [0, 0.05) is 5.69 Å². The van der Waals surface area contributed by atoms with E-state index in [1.807, 2.05) is 26.0 Å². The summed E-state index contributed by atoms with van der Waals surface area (Å²) >= 11 is 6.17. The Morgan fingerprint density at radius 1 is 1.25 bits per heavy atom. The van der Waals surface area contributed by atoms with Crippen LogP contribution in [0.15, 0.2) is 54.1 Å². The van der Waals surface area contributed by atoms with Gasteiger partial charge in [-0.2, -0.15) is 5.26 Å². The van der Waals surface area contributed by atoms with Crippen LogP contribution in [-0.2, 0) is 4.79 Å². The lowest BCUT2D eigenvalue weighted by Crippen LogP contribution is -2.13. The number of para-hydroxylation sites is 1. The maximum atomic E-state index is 12.2. The van der Waals surface area contributed by atoms with Gasteiger partial charge in [0.15, 0.2) is 0 Å². The molecule has 0 aliphatic rings. The van der Waals surface area contributed by atoms with E-state index in [1.54, 1.807) is 42.5 Å². The summed E-state index contributed by atoms with van der Waals surface area (Å²) in [6.07, 6.45) is 1.50. The lowest BCUT2D eigenvalue weighted by Gasteiger charge is -2.11. The molecule has 0 radical (unpaired) electrons. The molecule has 1 amide bonds. The summed E-state index contributed by atoms with van der Waals surface area (Å²) in [5, 5.41) is 12.3. The lowest BCUT2D eigenvalue weighted by atomic mass is 10.1. The number of carbonyl (C=O) groups is 1. The number of benzene rings is 2. The van der Waals surface area contributed by atoms with Crippen molar-refractivity contribution in [1.82, 2.24) is 0 Å². The highest BCUT2D eigenvalue weighted by atomic mass is 35.5. The van der Waals surface area contributed by atoms with Crippen LogP contribution in [0.25, 0.3) is 6.08 Å². The third-order valence-corrected chi connectivity index (χ3v) is 3.32. The average Bonchev–Trinajstić information content (AvgIpc) is 2.55. The molecule has 0 heterocycles. The van der Waals surface area contributed by atoms with Crippen LogP contribution in [0.3, 0.4) is 0 Å². The summed E-state index contributed by atoms with van der Waals surface area (Å²) in [5.74, 6) is 0.0957. The van der Waals surface area contributed by atoms with E-state index in [4.69, 9.17) is 16.3 Å².